The maximum atomic E-state index is 13.2. The number of amides is 1. The summed E-state index contributed by atoms with van der Waals surface area (Å²) in [6.07, 6.45) is -10.2. The Kier molecular flexibility index (Phi) is 4.84. The number of alkyl halides is 6. The van der Waals surface area contributed by atoms with Crippen molar-refractivity contribution in [3.8, 4) is 0 Å². The summed E-state index contributed by atoms with van der Waals surface area (Å²) in [6, 6.07) is 4.91. The number of carboxylic acid groups (broad SMARTS) is 1. The SMILES string of the molecule is CN1C(=O)c2ccccc2[C@@H](C(=O)O)[C@@H]1c1cc(C(F)(F)F)cc(C(F)(F)F)c1. The molecule has 3 rings (SSSR count). The van der Waals surface area contributed by atoms with E-state index in [0.29, 0.717) is 12.1 Å². The van der Waals surface area contributed by atoms with Crippen LogP contribution >= 0.6 is 0 Å². The molecule has 10 heteroatoms. The van der Waals surface area contributed by atoms with Crippen LogP contribution in [0.1, 0.15) is 44.6 Å². The van der Waals surface area contributed by atoms with Crippen molar-refractivity contribution in [3.05, 3.63) is 70.3 Å². The van der Waals surface area contributed by atoms with E-state index in [1.807, 2.05) is 0 Å². The zero-order chi connectivity index (χ0) is 21.7. The van der Waals surface area contributed by atoms with Crippen LogP contribution in [0.15, 0.2) is 42.5 Å². The molecule has 1 N–H and O–H groups in total. The van der Waals surface area contributed by atoms with Gasteiger partial charge in [0.05, 0.1) is 17.2 Å². The van der Waals surface area contributed by atoms with Crippen molar-refractivity contribution in [2.75, 3.05) is 7.05 Å². The summed E-state index contributed by atoms with van der Waals surface area (Å²) in [5.41, 5.74) is -3.66. The Morgan fingerprint density at radius 2 is 1.48 bits per heavy atom. The minimum absolute atomic E-state index is 0.0269. The number of hydrogen-bond acceptors (Lipinski definition) is 2. The zero-order valence-electron chi connectivity index (χ0n) is 14.7. The number of hydrogen-bond donors (Lipinski definition) is 1. The summed E-state index contributed by atoms with van der Waals surface area (Å²) >= 11 is 0. The zero-order valence-corrected chi connectivity index (χ0v) is 14.7. The smallest absolute Gasteiger partial charge is 0.416 e. The summed E-state index contributed by atoms with van der Waals surface area (Å²) in [5, 5.41) is 9.70. The fourth-order valence-electron chi connectivity index (χ4n) is 3.51. The number of fused-ring (bicyclic) bond motifs is 1. The van der Waals surface area contributed by atoms with Crippen molar-refractivity contribution in [1.29, 1.82) is 0 Å². The maximum Gasteiger partial charge on any atom is 0.416 e. The molecule has 2 atom stereocenters. The molecule has 1 amide bonds. The lowest BCUT2D eigenvalue weighted by molar-refractivity contribution is -0.143. The second-order valence-electron chi connectivity index (χ2n) is 6.60. The first-order valence-corrected chi connectivity index (χ1v) is 8.20. The minimum Gasteiger partial charge on any atom is -0.481 e. The molecule has 0 bridgehead atoms. The van der Waals surface area contributed by atoms with Gasteiger partial charge in [-0.15, -0.1) is 0 Å². The lowest BCUT2D eigenvalue weighted by Crippen LogP contribution is -2.42. The second kappa shape index (κ2) is 6.78. The van der Waals surface area contributed by atoms with Crippen LogP contribution in [0.25, 0.3) is 0 Å². The van der Waals surface area contributed by atoms with Crippen molar-refractivity contribution in [2.24, 2.45) is 0 Å². The molecule has 4 nitrogen and oxygen atoms in total. The molecule has 0 fully saturated rings. The number of carbonyl (C=O) groups is 2. The third kappa shape index (κ3) is 3.66. The van der Waals surface area contributed by atoms with Crippen LogP contribution in [0, 0.1) is 0 Å². The number of benzene rings is 2. The van der Waals surface area contributed by atoms with Gasteiger partial charge in [0.15, 0.2) is 0 Å². The number of carbonyl (C=O) groups excluding carboxylic acids is 1. The first-order chi connectivity index (χ1) is 13.3. The Labute approximate surface area is 160 Å². The number of rotatable bonds is 2. The van der Waals surface area contributed by atoms with Crippen molar-refractivity contribution in [3.63, 3.8) is 0 Å². The number of aliphatic carboxylic acids is 1. The van der Waals surface area contributed by atoms with E-state index in [0.717, 1.165) is 11.9 Å². The molecule has 154 valence electrons. The van der Waals surface area contributed by atoms with E-state index in [1.54, 1.807) is 0 Å². The predicted molar refractivity (Wildman–Crippen MR) is 88.1 cm³/mol. The van der Waals surface area contributed by atoms with Crippen molar-refractivity contribution >= 4 is 11.9 Å². The van der Waals surface area contributed by atoms with Gasteiger partial charge in [0, 0.05) is 12.6 Å². The van der Waals surface area contributed by atoms with Gasteiger partial charge in [-0.2, -0.15) is 26.3 Å². The monoisotopic (exact) mass is 417 g/mol. The van der Waals surface area contributed by atoms with Crippen LogP contribution in [0.2, 0.25) is 0 Å². The first kappa shape index (κ1) is 20.7. The van der Waals surface area contributed by atoms with Crippen molar-refractivity contribution < 1.29 is 41.0 Å². The molecule has 0 aromatic heterocycles. The van der Waals surface area contributed by atoms with E-state index in [2.05, 4.69) is 0 Å². The minimum atomic E-state index is -5.09. The van der Waals surface area contributed by atoms with Crippen LogP contribution in [0.5, 0.6) is 0 Å². The molecule has 1 aliphatic rings. The molecule has 0 saturated carbocycles. The molecular formula is C19H13F6NO3. The number of carboxylic acids is 1. The summed E-state index contributed by atoms with van der Waals surface area (Å²) in [7, 11) is 1.15. The van der Waals surface area contributed by atoms with Crippen molar-refractivity contribution in [2.45, 2.75) is 24.3 Å². The fraction of sp³-hybridized carbons (Fsp3) is 0.263. The van der Waals surface area contributed by atoms with Crippen LogP contribution in [0.3, 0.4) is 0 Å². The van der Waals surface area contributed by atoms with Crippen molar-refractivity contribution in [1.82, 2.24) is 4.90 Å². The molecule has 1 aliphatic heterocycles. The van der Waals surface area contributed by atoms with Crippen LogP contribution in [-0.2, 0) is 17.1 Å². The van der Waals surface area contributed by atoms with E-state index in [-0.39, 0.29) is 17.2 Å². The largest absolute Gasteiger partial charge is 0.481 e. The Hall–Kier alpha value is -3.04. The fourth-order valence-corrected chi connectivity index (χ4v) is 3.51. The molecule has 0 aliphatic carbocycles. The van der Waals surface area contributed by atoms with Gasteiger partial charge in [0.1, 0.15) is 5.92 Å². The first-order valence-electron chi connectivity index (χ1n) is 8.20. The number of nitrogens with zero attached hydrogens (tertiary/aromatic N) is 1. The summed E-state index contributed by atoms with van der Waals surface area (Å²) < 4.78 is 79.2. The summed E-state index contributed by atoms with van der Waals surface area (Å²) in [4.78, 5) is 25.4. The Morgan fingerprint density at radius 3 is 1.97 bits per heavy atom. The molecular weight excluding hydrogens is 404 g/mol. The molecule has 0 saturated heterocycles. The highest BCUT2D eigenvalue weighted by molar-refractivity contribution is 6.00. The number of likely N-dealkylation sites (N-methyl/N-ethyl adjacent to an activating group) is 1. The lowest BCUT2D eigenvalue weighted by atomic mass is 9.79. The predicted octanol–water partition coefficient (Wildman–Crippen LogP) is 4.72. The molecule has 2 aromatic rings. The molecule has 1 heterocycles. The highest BCUT2D eigenvalue weighted by Crippen LogP contribution is 2.45. The topological polar surface area (TPSA) is 57.6 Å². The Balaban J connectivity index is 2.28. The maximum absolute atomic E-state index is 13.2. The van der Waals surface area contributed by atoms with Crippen LogP contribution in [0.4, 0.5) is 26.3 Å². The van der Waals surface area contributed by atoms with Gasteiger partial charge < -0.3 is 10.0 Å². The van der Waals surface area contributed by atoms with E-state index in [1.165, 1.54) is 24.3 Å². The summed E-state index contributed by atoms with van der Waals surface area (Å²) in [5.74, 6) is -3.72. The molecule has 0 radical (unpaired) electrons. The third-order valence-electron chi connectivity index (χ3n) is 4.80. The highest BCUT2D eigenvalue weighted by Gasteiger charge is 2.45. The van der Waals surface area contributed by atoms with Gasteiger partial charge in [0.25, 0.3) is 5.91 Å². The molecule has 0 spiro atoms. The van der Waals surface area contributed by atoms with E-state index in [9.17, 15) is 41.0 Å². The average Bonchev–Trinajstić information content (AvgIpc) is 2.62. The van der Waals surface area contributed by atoms with E-state index in [4.69, 9.17) is 0 Å². The highest BCUT2D eigenvalue weighted by atomic mass is 19.4. The molecule has 0 unspecified atom stereocenters. The molecule has 2 aromatic carbocycles. The standard InChI is InChI=1S/C19H13F6NO3/c1-26-15(14(17(28)29)12-4-2-3-5-13(12)16(26)27)9-6-10(18(20,21)22)8-11(7-9)19(23,24)25/h2-8,14-15H,1H3,(H,28,29)/t14-,15+/m1/s1. The van der Waals surface area contributed by atoms with Crippen LogP contribution in [-0.4, -0.2) is 28.9 Å². The van der Waals surface area contributed by atoms with Gasteiger partial charge >= 0.3 is 18.3 Å². The third-order valence-corrected chi connectivity index (χ3v) is 4.80. The van der Waals surface area contributed by atoms with Gasteiger partial charge in [-0.3, -0.25) is 9.59 Å². The lowest BCUT2D eigenvalue weighted by Gasteiger charge is -2.39. The van der Waals surface area contributed by atoms with E-state index >= 15 is 0 Å². The Morgan fingerprint density at radius 1 is 0.966 bits per heavy atom. The Bertz CT molecular complexity index is 950. The van der Waals surface area contributed by atoms with Crippen LogP contribution < -0.4 is 0 Å². The van der Waals surface area contributed by atoms with Gasteiger partial charge in [-0.05, 0) is 35.4 Å². The average molecular weight is 417 g/mol. The quantitative estimate of drug-likeness (QED) is 0.720. The molecule has 29 heavy (non-hydrogen) atoms. The van der Waals surface area contributed by atoms with Gasteiger partial charge in [0.2, 0.25) is 0 Å². The van der Waals surface area contributed by atoms with E-state index < -0.39 is 52.9 Å². The second-order valence-corrected chi connectivity index (χ2v) is 6.60. The normalized spacial score (nSPS) is 19.8. The van der Waals surface area contributed by atoms with Gasteiger partial charge in [-0.25, -0.2) is 0 Å². The summed E-state index contributed by atoms with van der Waals surface area (Å²) in [6.45, 7) is 0. The van der Waals surface area contributed by atoms with Gasteiger partial charge in [-0.1, -0.05) is 18.2 Å². The number of halogens is 6.